The SMILES string of the molecule is Cl.N[C@H](Cc1ccc(F)cc1F)C(=O)O. The number of hydrogen-bond acceptors (Lipinski definition) is 2. The Labute approximate surface area is 91.3 Å². The molecule has 1 atom stereocenters. The van der Waals surface area contributed by atoms with E-state index in [0.717, 1.165) is 6.07 Å². The third kappa shape index (κ3) is 3.81. The van der Waals surface area contributed by atoms with Crippen LogP contribution in [0.4, 0.5) is 8.78 Å². The maximum absolute atomic E-state index is 13.0. The Kier molecular flexibility index (Phi) is 5.18. The highest BCUT2D eigenvalue weighted by Gasteiger charge is 2.14. The predicted molar refractivity (Wildman–Crippen MR) is 52.9 cm³/mol. The maximum atomic E-state index is 13.0. The van der Waals surface area contributed by atoms with Crippen LogP contribution in [0.25, 0.3) is 0 Å². The van der Waals surface area contributed by atoms with Crippen molar-refractivity contribution in [2.45, 2.75) is 12.5 Å². The minimum absolute atomic E-state index is 0. The van der Waals surface area contributed by atoms with Crippen LogP contribution in [0.1, 0.15) is 5.56 Å². The van der Waals surface area contributed by atoms with Gasteiger partial charge in [0, 0.05) is 12.5 Å². The molecule has 0 fully saturated rings. The second kappa shape index (κ2) is 5.63. The van der Waals surface area contributed by atoms with Crippen LogP contribution >= 0.6 is 12.4 Å². The molecule has 84 valence electrons. The summed E-state index contributed by atoms with van der Waals surface area (Å²) in [4.78, 5) is 10.4. The fourth-order valence-electron chi connectivity index (χ4n) is 1.01. The van der Waals surface area contributed by atoms with Crippen molar-refractivity contribution >= 4 is 18.4 Å². The summed E-state index contributed by atoms with van der Waals surface area (Å²) < 4.78 is 25.4. The van der Waals surface area contributed by atoms with E-state index in [-0.39, 0.29) is 24.4 Å². The number of carboxylic acids is 1. The van der Waals surface area contributed by atoms with E-state index in [1.54, 1.807) is 0 Å². The van der Waals surface area contributed by atoms with Crippen molar-refractivity contribution < 1.29 is 18.7 Å². The lowest BCUT2D eigenvalue weighted by molar-refractivity contribution is -0.138. The fraction of sp³-hybridized carbons (Fsp3) is 0.222. The number of nitrogens with two attached hydrogens (primary N) is 1. The Morgan fingerprint density at radius 2 is 2.07 bits per heavy atom. The molecule has 0 aliphatic heterocycles. The molecule has 3 N–H and O–H groups in total. The number of aliphatic carboxylic acids is 1. The van der Waals surface area contributed by atoms with Gasteiger partial charge in [0.1, 0.15) is 17.7 Å². The number of hydrogen-bond donors (Lipinski definition) is 2. The molecule has 0 saturated carbocycles. The lowest BCUT2D eigenvalue weighted by atomic mass is 10.1. The molecule has 0 unspecified atom stereocenters. The molecular weight excluding hydrogens is 228 g/mol. The summed E-state index contributed by atoms with van der Waals surface area (Å²) in [5.74, 6) is -2.69. The van der Waals surface area contributed by atoms with Gasteiger partial charge >= 0.3 is 5.97 Å². The van der Waals surface area contributed by atoms with E-state index in [2.05, 4.69) is 0 Å². The van der Waals surface area contributed by atoms with Crippen LogP contribution < -0.4 is 5.73 Å². The topological polar surface area (TPSA) is 63.3 Å². The molecule has 1 aromatic carbocycles. The van der Waals surface area contributed by atoms with Crippen LogP contribution in [-0.4, -0.2) is 17.1 Å². The van der Waals surface area contributed by atoms with Gasteiger partial charge in [0.25, 0.3) is 0 Å². The van der Waals surface area contributed by atoms with Gasteiger partial charge in [-0.1, -0.05) is 6.07 Å². The summed E-state index contributed by atoms with van der Waals surface area (Å²) in [5, 5.41) is 8.47. The second-order valence-corrected chi connectivity index (χ2v) is 2.88. The zero-order valence-electron chi connectivity index (χ0n) is 7.61. The summed E-state index contributed by atoms with van der Waals surface area (Å²) in [6.07, 6.45) is -0.151. The molecule has 0 heterocycles. The maximum Gasteiger partial charge on any atom is 0.320 e. The number of carbonyl (C=O) groups is 1. The molecule has 3 nitrogen and oxygen atoms in total. The molecule has 0 saturated heterocycles. The first-order valence-electron chi connectivity index (χ1n) is 3.93. The van der Waals surface area contributed by atoms with Crippen LogP contribution in [0.15, 0.2) is 18.2 Å². The molecule has 0 radical (unpaired) electrons. The molecule has 0 spiro atoms. The van der Waals surface area contributed by atoms with Crippen molar-refractivity contribution in [2.75, 3.05) is 0 Å². The molecule has 6 heteroatoms. The van der Waals surface area contributed by atoms with Gasteiger partial charge in [-0.25, -0.2) is 8.78 Å². The monoisotopic (exact) mass is 237 g/mol. The zero-order chi connectivity index (χ0) is 10.7. The molecule has 1 aromatic rings. The number of carboxylic acid groups (broad SMARTS) is 1. The third-order valence-corrected chi connectivity index (χ3v) is 1.77. The summed E-state index contributed by atoms with van der Waals surface area (Å²) in [5.41, 5.74) is 5.29. The van der Waals surface area contributed by atoms with Crippen molar-refractivity contribution in [1.82, 2.24) is 0 Å². The Balaban J connectivity index is 0.00000196. The van der Waals surface area contributed by atoms with Crippen molar-refractivity contribution in [2.24, 2.45) is 5.73 Å². The van der Waals surface area contributed by atoms with Gasteiger partial charge in [-0.05, 0) is 11.6 Å². The van der Waals surface area contributed by atoms with Gasteiger partial charge < -0.3 is 10.8 Å². The van der Waals surface area contributed by atoms with Gasteiger partial charge in [-0.15, -0.1) is 12.4 Å². The Morgan fingerprint density at radius 3 is 2.53 bits per heavy atom. The van der Waals surface area contributed by atoms with Crippen molar-refractivity contribution in [3.05, 3.63) is 35.4 Å². The standard InChI is InChI=1S/C9H9F2NO2.ClH/c10-6-2-1-5(7(11)4-6)3-8(12)9(13)14;/h1-2,4,8H,3,12H2,(H,13,14);1H/t8-;/m1./s1. The van der Waals surface area contributed by atoms with E-state index in [1.165, 1.54) is 6.07 Å². The van der Waals surface area contributed by atoms with Crippen molar-refractivity contribution in [1.29, 1.82) is 0 Å². The normalized spacial score (nSPS) is 11.7. The average Bonchev–Trinajstić information content (AvgIpc) is 2.09. The smallest absolute Gasteiger partial charge is 0.320 e. The molecular formula is C9H10ClF2NO2. The highest BCUT2D eigenvalue weighted by molar-refractivity contribution is 5.85. The number of rotatable bonds is 3. The largest absolute Gasteiger partial charge is 0.480 e. The van der Waals surface area contributed by atoms with E-state index in [4.69, 9.17) is 10.8 Å². The Hall–Kier alpha value is -1.20. The summed E-state index contributed by atoms with van der Waals surface area (Å²) in [6.45, 7) is 0. The van der Waals surface area contributed by atoms with Crippen LogP contribution in [-0.2, 0) is 11.2 Å². The van der Waals surface area contributed by atoms with E-state index >= 15 is 0 Å². The minimum Gasteiger partial charge on any atom is -0.480 e. The van der Waals surface area contributed by atoms with E-state index < -0.39 is 23.6 Å². The summed E-state index contributed by atoms with van der Waals surface area (Å²) >= 11 is 0. The van der Waals surface area contributed by atoms with Crippen molar-refractivity contribution in [3.8, 4) is 0 Å². The molecule has 0 amide bonds. The quantitative estimate of drug-likeness (QED) is 0.834. The molecule has 0 aliphatic rings. The number of halogens is 3. The first-order valence-corrected chi connectivity index (χ1v) is 3.93. The minimum atomic E-state index is -1.21. The van der Waals surface area contributed by atoms with Gasteiger partial charge in [0.2, 0.25) is 0 Å². The van der Waals surface area contributed by atoms with Crippen LogP contribution in [0.3, 0.4) is 0 Å². The number of benzene rings is 1. The highest BCUT2D eigenvalue weighted by Crippen LogP contribution is 2.11. The summed E-state index contributed by atoms with van der Waals surface area (Å²) in [6, 6.07) is 1.78. The molecule has 1 rings (SSSR count). The van der Waals surface area contributed by atoms with Crippen LogP contribution in [0.2, 0.25) is 0 Å². The van der Waals surface area contributed by atoms with Crippen LogP contribution in [0, 0.1) is 11.6 Å². The highest BCUT2D eigenvalue weighted by atomic mass is 35.5. The van der Waals surface area contributed by atoms with E-state index in [1.807, 2.05) is 0 Å². The first-order chi connectivity index (χ1) is 6.50. The van der Waals surface area contributed by atoms with Gasteiger partial charge in [-0.2, -0.15) is 0 Å². The predicted octanol–water partition coefficient (Wildman–Crippen LogP) is 1.34. The molecule has 0 bridgehead atoms. The third-order valence-electron chi connectivity index (χ3n) is 1.77. The average molecular weight is 238 g/mol. The molecule has 0 aromatic heterocycles. The van der Waals surface area contributed by atoms with Gasteiger partial charge in [0.05, 0.1) is 0 Å². The van der Waals surface area contributed by atoms with Gasteiger partial charge in [-0.3, -0.25) is 4.79 Å². The fourth-order valence-corrected chi connectivity index (χ4v) is 1.01. The zero-order valence-corrected chi connectivity index (χ0v) is 8.43. The second-order valence-electron chi connectivity index (χ2n) is 2.88. The molecule has 0 aliphatic carbocycles. The van der Waals surface area contributed by atoms with Crippen molar-refractivity contribution in [3.63, 3.8) is 0 Å². The van der Waals surface area contributed by atoms with Crippen LogP contribution in [0.5, 0.6) is 0 Å². The summed E-state index contributed by atoms with van der Waals surface area (Å²) in [7, 11) is 0. The Bertz CT molecular complexity index is 360. The van der Waals surface area contributed by atoms with E-state index in [9.17, 15) is 13.6 Å². The van der Waals surface area contributed by atoms with E-state index in [0.29, 0.717) is 6.07 Å². The van der Waals surface area contributed by atoms with Gasteiger partial charge in [0.15, 0.2) is 0 Å². The lowest BCUT2D eigenvalue weighted by Crippen LogP contribution is -2.32. The Morgan fingerprint density at radius 1 is 1.47 bits per heavy atom. The lowest BCUT2D eigenvalue weighted by Gasteiger charge is -2.06. The molecule has 15 heavy (non-hydrogen) atoms. The first kappa shape index (κ1) is 13.8.